The van der Waals surface area contributed by atoms with Crippen LogP contribution >= 0.6 is 11.5 Å². The summed E-state index contributed by atoms with van der Waals surface area (Å²) in [6, 6.07) is 6.24. The summed E-state index contributed by atoms with van der Waals surface area (Å²) in [5.74, 6) is -2.24. The van der Waals surface area contributed by atoms with Gasteiger partial charge in [-0.2, -0.15) is 0 Å². The van der Waals surface area contributed by atoms with Gasteiger partial charge in [0.05, 0.1) is 11.1 Å². The minimum Gasteiger partial charge on any atom is -0.322 e. The molecule has 1 aliphatic rings. The first kappa shape index (κ1) is 11.5. The normalized spacial score (nSPS) is 13.6. The van der Waals surface area contributed by atoms with Gasteiger partial charge >= 0.3 is 5.97 Å². The van der Waals surface area contributed by atoms with Crippen LogP contribution < -0.4 is 0 Å². The molecule has 0 bridgehead atoms. The first-order valence-electron chi connectivity index (χ1n) is 5.15. The van der Waals surface area contributed by atoms with Crippen LogP contribution in [0.25, 0.3) is 0 Å². The van der Waals surface area contributed by atoms with Crippen LogP contribution in [0.5, 0.6) is 0 Å². The Morgan fingerprint density at radius 2 is 1.79 bits per heavy atom. The Balaban J connectivity index is 1.87. The van der Waals surface area contributed by atoms with Crippen LogP contribution in [-0.2, 0) is 4.84 Å². The Labute approximate surface area is 110 Å². The van der Waals surface area contributed by atoms with Gasteiger partial charge in [0, 0.05) is 5.38 Å². The predicted octanol–water partition coefficient (Wildman–Crippen LogP) is 0.906. The van der Waals surface area contributed by atoms with E-state index in [1.165, 1.54) is 17.5 Å². The van der Waals surface area contributed by atoms with Crippen molar-refractivity contribution in [3.63, 3.8) is 0 Å². The maximum atomic E-state index is 11.9. The minimum absolute atomic E-state index is 0.0541. The molecule has 0 saturated carbocycles. The first-order chi connectivity index (χ1) is 9.18. The zero-order valence-corrected chi connectivity index (χ0v) is 10.1. The van der Waals surface area contributed by atoms with Crippen molar-refractivity contribution in [2.75, 3.05) is 0 Å². The Bertz CT molecular complexity index is 648. The zero-order valence-electron chi connectivity index (χ0n) is 9.27. The number of hydroxylamine groups is 2. The number of aromatic nitrogens is 2. The van der Waals surface area contributed by atoms with Crippen LogP contribution in [0.2, 0.25) is 0 Å². The molecular formula is C11H5N3O4S. The van der Waals surface area contributed by atoms with Crippen molar-refractivity contribution >= 4 is 29.3 Å². The fraction of sp³-hybridized carbons (Fsp3) is 0. The maximum Gasteiger partial charge on any atom is 0.384 e. The number of rotatable bonds is 2. The highest BCUT2D eigenvalue weighted by Crippen LogP contribution is 2.23. The molecule has 94 valence electrons. The fourth-order valence-electron chi connectivity index (χ4n) is 1.63. The Morgan fingerprint density at radius 3 is 2.32 bits per heavy atom. The average Bonchev–Trinajstić information content (AvgIpc) is 3.03. The van der Waals surface area contributed by atoms with E-state index < -0.39 is 17.8 Å². The average molecular weight is 275 g/mol. The second kappa shape index (κ2) is 4.25. The minimum atomic E-state index is -0.900. The highest BCUT2D eigenvalue weighted by atomic mass is 32.1. The molecule has 0 fully saturated rings. The molecular weight excluding hydrogens is 270 g/mol. The van der Waals surface area contributed by atoms with Crippen molar-refractivity contribution in [3.8, 4) is 0 Å². The fourth-order valence-corrected chi connectivity index (χ4v) is 2.06. The third-order valence-corrected chi connectivity index (χ3v) is 3.00. The van der Waals surface area contributed by atoms with Crippen molar-refractivity contribution < 1.29 is 19.2 Å². The molecule has 0 spiro atoms. The second-order valence-corrected chi connectivity index (χ2v) is 4.23. The lowest BCUT2D eigenvalue weighted by molar-refractivity contribution is -0.0588. The van der Waals surface area contributed by atoms with Crippen molar-refractivity contribution in [1.82, 2.24) is 14.7 Å². The molecule has 7 nitrogen and oxygen atoms in total. The van der Waals surface area contributed by atoms with Crippen LogP contribution in [0.3, 0.4) is 0 Å². The van der Waals surface area contributed by atoms with E-state index in [4.69, 9.17) is 4.84 Å². The Morgan fingerprint density at radius 1 is 1.16 bits per heavy atom. The van der Waals surface area contributed by atoms with Gasteiger partial charge in [0.15, 0.2) is 5.69 Å². The monoisotopic (exact) mass is 275 g/mol. The quantitative estimate of drug-likeness (QED) is 0.757. The number of benzene rings is 1. The van der Waals surface area contributed by atoms with Gasteiger partial charge in [0.25, 0.3) is 11.8 Å². The second-order valence-electron chi connectivity index (χ2n) is 3.62. The lowest BCUT2D eigenvalue weighted by atomic mass is 10.1. The largest absolute Gasteiger partial charge is 0.384 e. The molecule has 1 aliphatic heterocycles. The number of hydrogen-bond acceptors (Lipinski definition) is 7. The number of amides is 2. The lowest BCUT2D eigenvalue weighted by Crippen LogP contribution is -2.32. The van der Waals surface area contributed by atoms with E-state index in [9.17, 15) is 14.4 Å². The summed E-state index contributed by atoms with van der Waals surface area (Å²) < 4.78 is 3.50. The first-order valence-corrected chi connectivity index (χ1v) is 5.99. The summed E-state index contributed by atoms with van der Waals surface area (Å²) in [7, 11) is 0. The van der Waals surface area contributed by atoms with Crippen molar-refractivity contribution in [2.24, 2.45) is 0 Å². The van der Waals surface area contributed by atoms with E-state index in [1.54, 1.807) is 12.1 Å². The summed E-state index contributed by atoms with van der Waals surface area (Å²) in [6.07, 6.45) is 0. The summed E-state index contributed by atoms with van der Waals surface area (Å²) >= 11 is 0.964. The highest BCUT2D eigenvalue weighted by molar-refractivity contribution is 7.03. The number of fused-ring (bicyclic) bond motifs is 1. The SMILES string of the molecule is O=C(ON1C(=O)c2ccccc2C1=O)c1csnn1. The third kappa shape index (κ3) is 1.78. The highest BCUT2D eigenvalue weighted by Gasteiger charge is 2.39. The topological polar surface area (TPSA) is 89.5 Å². The molecule has 2 amide bonds. The van der Waals surface area contributed by atoms with Gasteiger partial charge in [0.2, 0.25) is 0 Å². The molecule has 0 unspecified atom stereocenters. The van der Waals surface area contributed by atoms with Crippen molar-refractivity contribution in [3.05, 3.63) is 46.5 Å². The Hall–Kier alpha value is -2.61. The Kier molecular flexibility index (Phi) is 2.57. The van der Waals surface area contributed by atoms with Gasteiger partial charge in [-0.15, -0.1) is 5.10 Å². The summed E-state index contributed by atoms with van der Waals surface area (Å²) in [5.41, 5.74) is 0.356. The molecule has 0 aliphatic carbocycles. The van der Waals surface area contributed by atoms with Crippen LogP contribution in [-0.4, -0.2) is 32.4 Å². The number of nitrogens with zero attached hydrogens (tertiary/aromatic N) is 3. The zero-order chi connectivity index (χ0) is 13.4. The summed E-state index contributed by atoms with van der Waals surface area (Å²) in [5, 5.41) is 5.30. The molecule has 0 N–H and O–H groups in total. The summed E-state index contributed by atoms with van der Waals surface area (Å²) in [6.45, 7) is 0. The van der Waals surface area contributed by atoms with E-state index in [1.807, 2.05) is 0 Å². The molecule has 1 aromatic carbocycles. The molecule has 2 heterocycles. The number of hydrogen-bond donors (Lipinski definition) is 0. The van der Waals surface area contributed by atoms with Gasteiger partial charge in [-0.1, -0.05) is 21.7 Å². The number of carbonyl (C=O) groups excluding carboxylic acids is 3. The van der Waals surface area contributed by atoms with Gasteiger partial charge < -0.3 is 4.84 Å². The molecule has 19 heavy (non-hydrogen) atoms. The van der Waals surface area contributed by atoms with E-state index in [-0.39, 0.29) is 16.8 Å². The standard InChI is InChI=1S/C11H5N3O4S/c15-9-6-3-1-2-4-7(6)10(16)14(9)18-11(17)8-5-19-13-12-8/h1-5H. The summed E-state index contributed by atoms with van der Waals surface area (Å²) in [4.78, 5) is 40.2. The molecule has 0 radical (unpaired) electrons. The van der Waals surface area contributed by atoms with Gasteiger partial charge in [-0.3, -0.25) is 9.59 Å². The van der Waals surface area contributed by atoms with Crippen molar-refractivity contribution in [2.45, 2.75) is 0 Å². The molecule has 1 aromatic heterocycles. The van der Waals surface area contributed by atoms with Crippen LogP contribution in [0.15, 0.2) is 29.6 Å². The van der Waals surface area contributed by atoms with Gasteiger partial charge in [-0.05, 0) is 23.7 Å². The predicted molar refractivity (Wildman–Crippen MR) is 62.3 cm³/mol. The van der Waals surface area contributed by atoms with E-state index in [2.05, 4.69) is 9.59 Å². The molecule has 2 aromatic rings. The molecule has 0 saturated heterocycles. The van der Waals surface area contributed by atoms with E-state index >= 15 is 0 Å². The van der Waals surface area contributed by atoms with Crippen molar-refractivity contribution in [1.29, 1.82) is 0 Å². The molecule has 8 heteroatoms. The van der Waals surface area contributed by atoms with Crippen LogP contribution in [0.4, 0.5) is 0 Å². The number of imide groups is 1. The molecule has 0 atom stereocenters. The maximum absolute atomic E-state index is 11.9. The third-order valence-electron chi connectivity index (χ3n) is 2.50. The molecule has 3 rings (SSSR count). The van der Waals surface area contributed by atoms with E-state index in [0.29, 0.717) is 5.06 Å². The van der Waals surface area contributed by atoms with Gasteiger partial charge in [0.1, 0.15) is 0 Å². The van der Waals surface area contributed by atoms with E-state index in [0.717, 1.165) is 11.5 Å². The lowest BCUT2D eigenvalue weighted by Gasteiger charge is -2.10. The van der Waals surface area contributed by atoms with Crippen LogP contribution in [0, 0.1) is 0 Å². The van der Waals surface area contributed by atoms with Gasteiger partial charge in [-0.25, -0.2) is 4.79 Å². The smallest absolute Gasteiger partial charge is 0.322 e. The van der Waals surface area contributed by atoms with Crippen LogP contribution in [0.1, 0.15) is 31.2 Å². The number of carbonyl (C=O) groups is 3.